The Balaban J connectivity index is 2.03. The molecule has 2 N–H and O–H groups in total. The average molecular weight is 319 g/mol. The van der Waals surface area contributed by atoms with Crippen LogP contribution in [0, 0.1) is 5.92 Å². The predicted molar refractivity (Wildman–Crippen MR) is 92.6 cm³/mol. The molecule has 1 heterocycles. The fraction of sp³-hybridized carbons (Fsp3) is 0.611. The van der Waals surface area contributed by atoms with Crippen molar-refractivity contribution in [3.8, 4) is 5.75 Å². The minimum absolute atomic E-state index is 0.0184. The SMILES string of the molecule is CNCC(C)C(=O)NCC(c1ccc(OC)cc1)N1CCCC1. The lowest BCUT2D eigenvalue weighted by molar-refractivity contribution is -0.124. The van der Waals surface area contributed by atoms with Gasteiger partial charge in [0.05, 0.1) is 13.2 Å². The van der Waals surface area contributed by atoms with Gasteiger partial charge in [-0.1, -0.05) is 19.1 Å². The van der Waals surface area contributed by atoms with E-state index in [0.717, 1.165) is 18.8 Å². The fourth-order valence-corrected chi connectivity index (χ4v) is 3.11. The molecule has 5 nitrogen and oxygen atoms in total. The molecule has 2 atom stereocenters. The van der Waals surface area contributed by atoms with E-state index < -0.39 is 0 Å². The van der Waals surface area contributed by atoms with E-state index in [4.69, 9.17) is 4.74 Å². The largest absolute Gasteiger partial charge is 0.497 e. The van der Waals surface area contributed by atoms with Crippen LogP contribution in [0.2, 0.25) is 0 Å². The standard InChI is InChI=1S/C18H29N3O2/c1-14(12-19-2)18(22)20-13-17(21-10-4-5-11-21)15-6-8-16(23-3)9-7-15/h6-9,14,17,19H,4-5,10-13H2,1-3H3,(H,20,22). The van der Waals surface area contributed by atoms with Crippen LogP contribution in [0.3, 0.4) is 0 Å². The lowest BCUT2D eigenvalue weighted by Crippen LogP contribution is -2.40. The average Bonchev–Trinajstić information content (AvgIpc) is 3.10. The van der Waals surface area contributed by atoms with Crippen molar-refractivity contribution in [1.29, 1.82) is 0 Å². The van der Waals surface area contributed by atoms with Crippen molar-refractivity contribution in [2.75, 3.05) is 40.3 Å². The Bertz CT molecular complexity index is 484. The molecule has 0 saturated carbocycles. The Hall–Kier alpha value is -1.59. The molecule has 1 aliphatic rings. The highest BCUT2D eigenvalue weighted by Gasteiger charge is 2.24. The van der Waals surface area contributed by atoms with E-state index in [1.807, 2.05) is 26.1 Å². The summed E-state index contributed by atoms with van der Waals surface area (Å²) in [5.41, 5.74) is 1.23. The number of nitrogens with one attached hydrogen (secondary N) is 2. The minimum Gasteiger partial charge on any atom is -0.497 e. The van der Waals surface area contributed by atoms with Crippen LogP contribution in [0.25, 0.3) is 0 Å². The molecule has 0 radical (unpaired) electrons. The zero-order chi connectivity index (χ0) is 16.7. The zero-order valence-corrected chi connectivity index (χ0v) is 14.5. The van der Waals surface area contributed by atoms with Crippen LogP contribution in [0.1, 0.15) is 31.4 Å². The van der Waals surface area contributed by atoms with Gasteiger partial charge < -0.3 is 15.4 Å². The van der Waals surface area contributed by atoms with Crippen LogP contribution in [0.15, 0.2) is 24.3 Å². The summed E-state index contributed by atoms with van der Waals surface area (Å²) < 4.78 is 5.24. The van der Waals surface area contributed by atoms with E-state index in [-0.39, 0.29) is 17.9 Å². The first kappa shape index (κ1) is 17.8. The molecule has 1 aliphatic heterocycles. The van der Waals surface area contributed by atoms with Crippen LogP contribution in [0.5, 0.6) is 5.75 Å². The number of rotatable bonds is 8. The summed E-state index contributed by atoms with van der Waals surface area (Å²) in [6.07, 6.45) is 2.47. The lowest BCUT2D eigenvalue weighted by atomic mass is 10.0. The summed E-state index contributed by atoms with van der Waals surface area (Å²) in [7, 11) is 3.55. The number of carbonyl (C=O) groups excluding carboxylic acids is 1. The molecule has 5 heteroatoms. The summed E-state index contributed by atoms with van der Waals surface area (Å²) in [6, 6.07) is 8.41. The summed E-state index contributed by atoms with van der Waals surface area (Å²) in [5, 5.41) is 6.17. The summed E-state index contributed by atoms with van der Waals surface area (Å²) >= 11 is 0. The second-order valence-electron chi connectivity index (χ2n) is 6.24. The van der Waals surface area contributed by atoms with E-state index in [9.17, 15) is 4.79 Å². The van der Waals surface area contributed by atoms with Gasteiger partial charge in [-0.3, -0.25) is 9.69 Å². The number of benzene rings is 1. The molecule has 1 saturated heterocycles. The maximum Gasteiger partial charge on any atom is 0.224 e. The van der Waals surface area contributed by atoms with Crippen molar-refractivity contribution in [3.05, 3.63) is 29.8 Å². The Labute approximate surface area is 139 Å². The number of nitrogens with zero attached hydrogens (tertiary/aromatic N) is 1. The molecule has 1 fully saturated rings. The van der Waals surface area contributed by atoms with Gasteiger partial charge in [0.2, 0.25) is 5.91 Å². The monoisotopic (exact) mass is 319 g/mol. The molecule has 0 aromatic heterocycles. The maximum absolute atomic E-state index is 12.2. The summed E-state index contributed by atoms with van der Waals surface area (Å²) in [6.45, 7) is 5.49. The van der Waals surface area contributed by atoms with Crippen molar-refractivity contribution in [3.63, 3.8) is 0 Å². The first-order chi connectivity index (χ1) is 11.2. The molecular formula is C18H29N3O2. The maximum atomic E-state index is 12.2. The molecule has 2 unspecified atom stereocenters. The van der Waals surface area contributed by atoms with Gasteiger partial charge in [-0.05, 0) is 50.7 Å². The molecule has 1 aromatic carbocycles. The van der Waals surface area contributed by atoms with Gasteiger partial charge >= 0.3 is 0 Å². The van der Waals surface area contributed by atoms with Gasteiger partial charge in [0, 0.05) is 19.0 Å². The molecule has 1 amide bonds. The van der Waals surface area contributed by atoms with Crippen LogP contribution >= 0.6 is 0 Å². The van der Waals surface area contributed by atoms with Crippen LogP contribution in [-0.4, -0.2) is 51.1 Å². The van der Waals surface area contributed by atoms with E-state index in [0.29, 0.717) is 13.1 Å². The second-order valence-corrected chi connectivity index (χ2v) is 6.24. The van der Waals surface area contributed by atoms with Gasteiger partial charge in [-0.15, -0.1) is 0 Å². The number of amides is 1. The zero-order valence-electron chi connectivity index (χ0n) is 14.5. The van der Waals surface area contributed by atoms with Crippen molar-refractivity contribution in [2.45, 2.75) is 25.8 Å². The van der Waals surface area contributed by atoms with Gasteiger partial charge in [0.15, 0.2) is 0 Å². The topological polar surface area (TPSA) is 53.6 Å². The van der Waals surface area contributed by atoms with Crippen molar-refractivity contribution >= 4 is 5.91 Å². The number of ether oxygens (including phenoxy) is 1. The normalized spacial score (nSPS) is 17.7. The van der Waals surface area contributed by atoms with Crippen molar-refractivity contribution in [1.82, 2.24) is 15.5 Å². The highest BCUT2D eigenvalue weighted by Crippen LogP contribution is 2.26. The Morgan fingerprint density at radius 2 is 1.87 bits per heavy atom. The third kappa shape index (κ3) is 4.94. The lowest BCUT2D eigenvalue weighted by Gasteiger charge is -2.28. The Kier molecular flexibility index (Phi) is 6.86. The van der Waals surface area contributed by atoms with E-state index in [2.05, 4.69) is 27.7 Å². The van der Waals surface area contributed by atoms with Crippen molar-refractivity contribution < 1.29 is 9.53 Å². The van der Waals surface area contributed by atoms with E-state index >= 15 is 0 Å². The highest BCUT2D eigenvalue weighted by atomic mass is 16.5. The Morgan fingerprint density at radius 3 is 2.43 bits per heavy atom. The molecule has 23 heavy (non-hydrogen) atoms. The van der Waals surface area contributed by atoms with Gasteiger partial charge in [-0.2, -0.15) is 0 Å². The fourth-order valence-electron chi connectivity index (χ4n) is 3.11. The molecular weight excluding hydrogens is 290 g/mol. The third-order valence-electron chi connectivity index (χ3n) is 4.51. The van der Waals surface area contributed by atoms with E-state index in [1.165, 1.54) is 18.4 Å². The summed E-state index contributed by atoms with van der Waals surface area (Å²) in [5.74, 6) is 0.952. The molecule has 0 spiro atoms. The van der Waals surface area contributed by atoms with Gasteiger partial charge in [0.1, 0.15) is 5.75 Å². The number of hydrogen-bond donors (Lipinski definition) is 2. The van der Waals surface area contributed by atoms with Crippen LogP contribution in [-0.2, 0) is 4.79 Å². The van der Waals surface area contributed by atoms with Gasteiger partial charge in [-0.25, -0.2) is 0 Å². The quantitative estimate of drug-likeness (QED) is 0.767. The molecule has 1 aromatic rings. The van der Waals surface area contributed by atoms with E-state index in [1.54, 1.807) is 7.11 Å². The number of likely N-dealkylation sites (tertiary alicyclic amines) is 1. The number of carbonyl (C=O) groups is 1. The molecule has 0 bridgehead atoms. The third-order valence-corrected chi connectivity index (χ3v) is 4.51. The molecule has 0 aliphatic carbocycles. The van der Waals surface area contributed by atoms with Crippen molar-refractivity contribution in [2.24, 2.45) is 5.92 Å². The minimum atomic E-state index is -0.0184. The molecule has 2 rings (SSSR count). The van der Waals surface area contributed by atoms with Gasteiger partial charge in [0.25, 0.3) is 0 Å². The highest BCUT2D eigenvalue weighted by molar-refractivity contribution is 5.78. The van der Waals surface area contributed by atoms with Crippen LogP contribution < -0.4 is 15.4 Å². The molecule has 128 valence electrons. The number of hydrogen-bond acceptors (Lipinski definition) is 4. The van der Waals surface area contributed by atoms with Crippen LogP contribution in [0.4, 0.5) is 0 Å². The second kappa shape index (κ2) is 8.89. The number of methoxy groups -OCH3 is 1. The smallest absolute Gasteiger partial charge is 0.224 e. The predicted octanol–water partition coefficient (Wildman–Crippen LogP) is 1.80. The Morgan fingerprint density at radius 1 is 1.22 bits per heavy atom. The summed E-state index contributed by atoms with van der Waals surface area (Å²) in [4.78, 5) is 14.7. The first-order valence-electron chi connectivity index (χ1n) is 8.46. The first-order valence-corrected chi connectivity index (χ1v) is 8.46.